The zero-order valence-electron chi connectivity index (χ0n) is 13.3. The Morgan fingerprint density at radius 3 is 2.87 bits per heavy atom. The molecule has 0 aliphatic carbocycles. The number of benzene rings is 1. The minimum absolute atomic E-state index is 0.272. The van der Waals surface area contributed by atoms with E-state index in [1.165, 1.54) is 12.1 Å². The molecule has 1 N–H and O–H groups in total. The number of likely N-dealkylation sites (tertiary alicyclic amines) is 1. The molecule has 23 heavy (non-hydrogen) atoms. The molecule has 4 rings (SSSR count). The van der Waals surface area contributed by atoms with Crippen LogP contribution in [0.5, 0.6) is 0 Å². The molecule has 6 heteroatoms. The lowest BCUT2D eigenvalue weighted by Gasteiger charge is -2.48. The first-order valence-electron chi connectivity index (χ1n) is 8.27. The van der Waals surface area contributed by atoms with Gasteiger partial charge in [0.1, 0.15) is 17.2 Å². The van der Waals surface area contributed by atoms with Gasteiger partial charge in [-0.25, -0.2) is 9.18 Å². The van der Waals surface area contributed by atoms with Crippen LogP contribution >= 0.6 is 0 Å². The average molecular weight is 316 g/mol. The minimum atomic E-state index is -0.448. The lowest BCUT2D eigenvalue weighted by atomic mass is 9.81. The third-order valence-corrected chi connectivity index (χ3v) is 5.13. The summed E-state index contributed by atoms with van der Waals surface area (Å²) in [7, 11) is 0. The molecule has 1 aromatic carbocycles. The standard InChI is InChI=1S/C17H21FN4O/c1-12-11-17(6-7-19-12)15(21-8-3-9-21)20-16(23)22(17)14-5-2-4-13(18)10-14/h2,4-5,10,12,19H,3,6-9,11H2,1H3/t12-,17+/m0/s1. The van der Waals surface area contributed by atoms with Crippen molar-refractivity contribution in [2.24, 2.45) is 4.99 Å². The lowest BCUT2D eigenvalue weighted by Crippen LogP contribution is -2.64. The molecular formula is C17H21FN4O. The van der Waals surface area contributed by atoms with Gasteiger partial charge in [-0.2, -0.15) is 4.99 Å². The minimum Gasteiger partial charge on any atom is -0.358 e. The predicted octanol–water partition coefficient (Wildman–Crippen LogP) is 2.38. The number of amides is 2. The highest BCUT2D eigenvalue weighted by atomic mass is 19.1. The molecule has 0 saturated carbocycles. The molecule has 122 valence electrons. The number of aliphatic imine (C=N–C) groups is 1. The highest BCUT2D eigenvalue weighted by molar-refractivity contribution is 6.16. The molecule has 3 heterocycles. The number of halogens is 1. The summed E-state index contributed by atoms with van der Waals surface area (Å²) in [6, 6.07) is 6.30. The number of amidine groups is 1. The van der Waals surface area contributed by atoms with Crippen LogP contribution in [0.3, 0.4) is 0 Å². The van der Waals surface area contributed by atoms with Gasteiger partial charge in [-0.3, -0.25) is 4.90 Å². The number of rotatable bonds is 1. The molecule has 2 amide bonds. The van der Waals surface area contributed by atoms with E-state index in [1.54, 1.807) is 17.0 Å². The molecule has 3 aliphatic heterocycles. The second-order valence-electron chi connectivity index (χ2n) is 6.71. The summed E-state index contributed by atoms with van der Waals surface area (Å²) in [6.07, 6.45) is 2.73. The molecule has 2 fully saturated rings. The van der Waals surface area contributed by atoms with E-state index in [-0.39, 0.29) is 17.9 Å². The molecule has 2 saturated heterocycles. The van der Waals surface area contributed by atoms with Crippen LogP contribution in [0.4, 0.5) is 14.9 Å². The number of carbonyl (C=O) groups is 1. The van der Waals surface area contributed by atoms with Crippen LogP contribution in [0.2, 0.25) is 0 Å². The van der Waals surface area contributed by atoms with Gasteiger partial charge in [0.25, 0.3) is 0 Å². The summed E-state index contributed by atoms with van der Waals surface area (Å²) in [5, 5.41) is 3.44. The van der Waals surface area contributed by atoms with Gasteiger partial charge in [0, 0.05) is 24.8 Å². The summed E-state index contributed by atoms with van der Waals surface area (Å²) in [4.78, 5) is 21.0. The second kappa shape index (κ2) is 5.30. The summed E-state index contributed by atoms with van der Waals surface area (Å²) >= 11 is 0. The average Bonchev–Trinajstić information content (AvgIpc) is 2.69. The van der Waals surface area contributed by atoms with Crippen molar-refractivity contribution in [2.45, 2.75) is 37.8 Å². The van der Waals surface area contributed by atoms with E-state index in [9.17, 15) is 9.18 Å². The van der Waals surface area contributed by atoms with Gasteiger partial charge in [0.05, 0.1) is 0 Å². The van der Waals surface area contributed by atoms with Crippen molar-refractivity contribution in [3.8, 4) is 0 Å². The quantitative estimate of drug-likeness (QED) is 0.865. The van der Waals surface area contributed by atoms with Crippen molar-refractivity contribution in [2.75, 3.05) is 24.5 Å². The van der Waals surface area contributed by atoms with E-state index in [0.717, 1.165) is 44.7 Å². The fourth-order valence-electron chi connectivity index (χ4n) is 4.01. The molecule has 1 spiro atoms. The smallest absolute Gasteiger partial charge is 0.350 e. The molecular weight excluding hydrogens is 295 g/mol. The number of carbonyl (C=O) groups excluding carboxylic acids is 1. The molecule has 0 radical (unpaired) electrons. The van der Waals surface area contributed by atoms with Gasteiger partial charge in [-0.15, -0.1) is 0 Å². The SMILES string of the molecule is C[C@H]1C[C@]2(CCN1)C(N1CCC1)=NC(=O)N2c1cccc(F)c1. The first-order chi connectivity index (χ1) is 11.1. The predicted molar refractivity (Wildman–Crippen MR) is 87.3 cm³/mol. The third-order valence-electron chi connectivity index (χ3n) is 5.13. The van der Waals surface area contributed by atoms with Crippen LogP contribution in [0.25, 0.3) is 0 Å². The Kier molecular flexibility index (Phi) is 3.37. The van der Waals surface area contributed by atoms with E-state index in [2.05, 4.69) is 22.1 Å². The molecule has 3 aliphatic rings. The monoisotopic (exact) mass is 316 g/mol. The number of piperidine rings is 1. The van der Waals surface area contributed by atoms with E-state index >= 15 is 0 Å². The Morgan fingerprint density at radius 1 is 1.39 bits per heavy atom. The molecule has 1 aromatic rings. The molecule has 5 nitrogen and oxygen atoms in total. The van der Waals surface area contributed by atoms with Crippen LogP contribution in [-0.2, 0) is 0 Å². The fourth-order valence-corrected chi connectivity index (χ4v) is 4.01. The Labute approximate surface area is 135 Å². The fraction of sp³-hybridized carbons (Fsp3) is 0.529. The van der Waals surface area contributed by atoms with Gasteiger partial charge in [-0.1, -0.05) is 6.07 Å². The van der Waals surface area contributed by atoms with Gasteiger partial charge in [-0.05, 0) is 50.9 Å². The van der Waals surface area contributed by atoms with Gasteiger partial charge < -0.3 is 10.2 Å². The highest BCUT2D eigenvalue weighted by Crippen LogP contribution is 2.41. The van der Waals surface area contributed by atoms with Crippen molar-refractivity contribution in [3.63, 3.8) is 0 Å². The number of hydrogen-bond donors (Lipinski definition) is 1. The first-order valence-corrected chi connectivity index (χ1v) is 8.27. The van der Waals surface area contributed by atoms with E-state index in [1.807, 2.05) is 0 Å². The number of hydrogen-bond acceptors (Lipinski definition) is 3. The molecule has 0 bridgehead atoms. The van der Waals surface area contributed by atoms with Crippen molar-refractivity contribution >= 4 is 17.6 Å². The first kappa shape index (κ1) is 14.6. The lowest BCUT2D eigenvalue weighted by molar-refractivity contribution is 0.239. The highest BCUT2D eigenvalue weighted by Gasteiger charge is 2.54. The number of nitrogens with zero attached hydrogens (tertiary/aromatic N) is 3. The van der Waals surface area contributed by atoms with E-state index in [4.69, 9.17) is 0 Å². The Morgan fingerprint density at radius 2 is 2.22 bits per heavy atom. The van der Waals surface area contributed by atoms with Crippen LogP contribution in [-0.4, -0.2) is 48.0 Å². The van der Waals surface area contributed by atoms with Crippen molar-refractivity contribution in [3.05, 3.63) is 30.1 Å². The summed E-state index contributed by atoms with van der Waals surface area (Å²) in [5.41, 5.74) is 0.152. The number of anilines is 1. The van der Waals surface area contributed by atoms with Crippen molar-refractivity contribution < 1.29 is 9.18 Å². The van der Waals surface area contributed by atoms with Crippen molar-refractivity contribution in [1.29, 1.82) is 0 Å². The summed E-state index contributed by atoms with van der Waals surface area (Å²) in [5.74, 6) is 0.552. The second-order valence-corrected chi connectivity index (χ2v) is 6.71. The largest absolute Gasteiger partial charge is 0.358 e. The van der Waals surface area contributed by atoms with E-state index in [0.29, 0.717) is 5.69 Å². The molecule has 0 aromatic heterocycles. The third kappa shape index (κ3) is 2.24. The molecule has 0 unspecified atom stereocenters. The van der Waals surface area contributed by atoms with Crippen molar-refractivity contribution in [1.82, 2.24) is 10.2 Å². The zero-order valence-corrected chi connectivity index (χ0v) is 13.3. The van der Waals surface area contributed by atoms with Gasteiger partial charge >= 0.3 is 6.03 Å². The molecule has 2 atom stereocenters. The Balaban J connectivity index is 1.79. The maximum atomic E-state index is 13.7. The topological polar surface area (TPSA) is 47.9 Å². The van der Waals surface area contributed by atoms with Gasteiger partial charge in [0.15, 0.2) is 0 Å². The van der Waals surface area contributed by atoms with Crippen LogP contribution in [0.15, 0.2) is 29.3 Å². The van der Waals surface area contributed by atoms with Crippen LogP contribution in [0.1, 0.15) is 26.2 Å². The van der Waals surface area contributed by atoms with Gasteiger partial charge in [0.2, 0.25) is 0 Å². The summed E-state index contributed by atoms with van der Waals surface area (Å²) < 4.78 is 13.7. The van der Waals surface area contributed by atoms with Crippen LogP contribution < -0.4 is 10.2 Å². The summed E-state index contributed by atoms with van der Waals surface area (Å²) in [6.45, 7) is 4.85. The van der Waals surface area contributed by atoms with E-state index < -0.39 is 5.54 Å². The van der Waals surface area contributed by atoms with Crippen LogP contribution in [0, 0.1) is 5.82 Å². The maximum Gasteiger partial charge on any atom is 0.350 e. The maximum absolute atomic E-state index is 13.7. The Hall–Kier alpha value is -1.95. The normalized spacial score (nSPS) is 30.6. The Bertz CT molecular complexity index is 672. The number of urea groups is 1. The zero-order chi connectivity index (χ0) is 16.0. The number of nitrogens with one attached hydrogen (secondary N) is 1.